The molecule has 0 aromatic heterocycles. The highest BCUT2D eigenvalue weighted by Gasteiger charge is 2.36. The van der Waals surface area contributed by atoms with Gasteiger partial charge >= 0.3 is 5.97 Å². The van der Waals surface area contributed by atoms with E-state index in [0.717, 1.165) is 0 Å². The van der Waals surface area contributed by atoms with Crippen LogP contribution in [0.1, 0.15) is 12.0 Å². The number of halogens is 1. The van der Waals surface area contributed by atoms with Gasteiger partial charge in [0.1, 0.15) is 25.6 Å². The Kier molecular flexibility index (Phi) is 4.66. The summed E-state index contributed by atoms with van der Waals surface area (Å²) in [5.74, 6) is -0.225. The van der Waals surface area contributed by atoms with Gasteiger partial charge in [-0.25, -0.2) is 4.39 Å². The summed E-state index contributed by atoms with van der Waals surface area (Å²) >= 11 is 0. The number of rotatable bonds is 4. The lowest BCUT2D eigenvalue weighted by molar-refractivity contribution is -0.149. The molecule has 0 bridgehead atoms. The largest absolute Gasteiger partial charge is 0.486 e. The van der Waals surface area contributed by atoms with Crippen LogP contribution in [0.4, 0.5) is 10.1 Å². The third-order valence-electron chi connectivity index (χ3n) is 4.59. The van der Waals surface area contributed by atoms with Gasteiger partial charge in [-0.3, -0.25) is 9.59 Å². The van der Waals surface area contributed by atoms with E-state index >= 15 is 0 Å². The molecule has 1 saturated heterocycles. The molecule has 2 aromatic rings. The van der Waals surface area contributed by atoms with Gasteiger partial charge in [-0.15, -0.1) is 0 Å². The van der Waals surface area contributed by atoms with Gasteiger partial charge in [-0.2, -0.15) is 0 Å². The Labute approximate surface area is 155 Å². The van der Waals surface area contributed by atoms with Crippen molar-refractivity contribution >= 4 is 17.6 Å². The average Bonchev–Trinajstić information content (AvgIpc) is 3.09. The molecule has 1 fully saturated rings. The van der Waals surface area contributed by atoms with Gasteiger partial charge in [0.2, 0.25) is 5.91 Å². The van der Waals surface area contributed by atoms with Crippen molar-refractivity contribution in [1.29, 1.82) is 0 Å². The fourth-order valence-corrected chi connectivity index (χ4v) is 3.17. The molecule has 0 aliphatic carbocycles. The minimum absolute atomic E-state index is 0.0494. The van der Waals surface area contributed by atoms with Crippen molar-refractivity contribution in [3.8, 4) is 11.5 Å². The first kappa shape index (κ1) is 17.3. The van der Waals surface area contributed by atoms with Gasteiger partial charge < -0.3 is 19.1 Å². The minimum Gasteiger partial charge on any atom is -0.486 e. The Morgan fingerprint density at radius 3 is 2.63 bits per heavy atom. The van der Waals surface area contributed by atoms with E-state index in [1.54, 1.807) is 35.2 Å². The third-order valence-corrected chi connectivity index (χ3v) is 4.59. The smallest absolute Gasteiger partial charge is 0.311 e. The maximum Gasteiger partial charge on any atom is 0.311 e. The molecule has 1 atom stereocenters. The van der Waals surface area contributed by atoms with Crippen molar-refractivity contribution in [3.05, 3.63) is 53.8 Å². The van der Waals surface area contributed by atoms with Gasteiger partial charge in [-0.1, -0.05) is 12.1 Å². The van der Waals surface area contributed by atoms with Crippen LogP contribution in [-0.4, -0.2) is 31.6 Å². The fourth-order valence-electron chi connectivity index (χ4n) is 3.17. The topological polar surface area (TPSA) is 65.1 Å². The molecule has 1 amide bonds. The van der Waals surface area contributed by atoms with Crippen LogP contribution in [0.15, 0.2) is 42.5 Å². The number of benzene rings is 2. The number of carbonyl (C=O) groups is 2. The molecule has 7 heteroatoms. The van der Waals surface area contributed by atoms with Gasteiger partial charge in [0.25, 0.3) is 0 Å². The number of anilines is 1. The first-order chi connectivity index (χ1) is 13.1. The van der Waals surface area contributed by atoms with Crippen molar-refractivity contribution in [1.82, 2.24) is 0 Å². The number of hydrogen-bond donors (Lipinski definition) is 0. The van der Waals surface area contributed by atoms with Crippen molar-refractivity contribution < 1.29 is 28.2 Å². The van der Waals surface area contributed by atoms with E-state index in [9.17, 15) is 14.0 Å². The summed E-state index contributed by atoms with van der Waals surface area (Å²) in [4.78, 5) is 26.3. The summed E-state index contributed by atoms with van der Waals surface area (Å²) in [5.41, 5.74) is 1.36. The molecule has 0 radical (unpaired) electrons. The average molecular weight is 371 g/mol. The second-order valence-corrected chi connectivity index (χ2v) is 6.47. The fraction of sp³-hybridized carbons (Fsp3) is 0.300. The molecule has 0 unspecified atom stereocenters. The van der Waals surface area contributed by atoms with Crippen LogP contribution in [0.3, 0.4) is 0 Å². The van der Waals surface area contributed by atoms with Crippen LogP contribution >= 0.6 is 0 Å². The number of carbonyl (C=O) groups excluding carboxylic acids is 2. The van der Waals surface area contributed by atoms with Crippen molar-refractivity contribution in [2.45, 2.75) is 13.0 Å². The lowest BCUT2D eigenvalue weighted by Crippen LogP contribution is -2.26. The molecule has 4 rings (SSSR count). The van der Waals surface area contributed by atoms with Gasteiger partial charge in [-0.05, 0) is 29.8 Å². The van der Waals surface area contributed by atoms with Crippen LogP contribution in [0.2, 0.25) is 0 Å². The molecule has 2 aliphatic rings. The molecule has 0 saturated carbocycles. The van der Waals surface area contributed by atoms with E-state index < -0.39 is 11.9 Å². The van der Waals surface area contributed by atoms with E-state index in [1.807, 2.05) is 0 Å². The molecule has 2 heterocycles. The van der Waals surface area contributed by atoms with Crippen molar-refractivity contribution in [2.75, 3.05) is 24.7 Å². The zero-order valence-electron chi connectivity index (χ0n) is 14.5. The Hall–Kier alpha value is -3.09. The molecule has 2 aromatic carbocycles. The molecule has 27 heavy (non-hydrogen) atoms. The molecule has 140 valence electrons. The van der Waals surface area contributed by atoms with E-state index in [1.165, 1.54) is 12.1 Å². The highest BCUT2D eigenvalue weighted by atomic mass is 19.1. The summed E-state index contributed by atoms with van der Waals surface area (Å²) in [6.45, 7) is 1.26. The van der Waals surface area contributed by atoms with Gasteiger partial charge in [0, 0.05) is 24.7 Å². The van der Waals surface area contributed by atoms with Crippen molar-refractivity contribution in [2.24, 2.45) is 5.92 Å². The highest BCUT2D eigenvalue weighted by molar-refractivity contribution is 5.99. The quantitative estimate of drug-likeness (QED) is 0.774. The lowest BCUT2D eigenvalue weighted by Gasteiger charge is -2.22. The first-order valence-corrected chi connectivity index (χ1v) is 8.71. The molecular formula is C20H18FNO5. The SMILES string of the molecule is O=C(OCc1ccc(F)cc1)[C@H]1CC(=O)N(c2ccc3c(c2)OCCO3)C1. The van der Waals surface area contributed by atoms with E-state index in [-0.39, 0.29) is 31.3 Å². The standard InChI is InChI=1S/C20H18FNO5/c21-15-3-1-13(2-4-15)12-27-20(24)14-9-19(23)22(11-14)16-5-6-17-18(10-16)26-8-7-25-17/h1-6,10,14H,7-9,11-12H2/t14-/m0/s1. The van der Waals surface area contributed by atoms with E-state index in [2.05, 4.69) is 0 Å². The highest BCUT2D eigenvalue weighted by Crippen LogP contribution is 2.36. The number of ether oxygens (including phenoxy) is 3. The Balaban J connectivity index is 1.39. The predicted octanol–water partition coefficient (Wildman–Crippen LogP) is 2.69. The molecule has 2 aliphatic heterocycles. The summed E-state index contributed by atoms with van der Waals surface area (Å²) in [7, 11) is 0. The number of amides is 1. The summed E-state index contributed by atoms with van der Waals surface area (Å²) in [6.07, 6.45) is 0.0939. The maximum atomic E-state index is 12.9. The lowest BCUT2D eigenvalue weighted by atomic mass is 10.1. The molecule has 0 N–H and O–H groups in total. The number of fused-ring (bicyclic) bond motifs is 1. The second kappa shape index (κ2) is 7.26. The van der Waals surface area contributed by atoms with Crippen LogP contribution in [0.5, 0.6) is 11.5 Å². The molecule has 0 spiro atoms. The van der Waals surface area contributed by atoms with Crippen LogP contribution < -0.4 is 14.4 Å². The Morgan fingerprint density at radius 2 is 1.85 bits per heavy atom. The minimum atomic E-state index is -0.536. The first-order valence-electron chi connectivity index (χ1n) is 8.71. The zero-order chi connectivity index (χ0) is 18.8. The summed E-state index contributed by atoms with van der Waals surface area (Å²) in [5, 5.41) is 0. The maximum absolute atomic E-state index is 12.9. The van der Waals surface area contributed by atoms with Gasteiger partial charge in [0.15, 0.2) is 11.5 Å². The van der Waals surface area contributed by atoms with Crippen LogP contribution in [0, 0.1) is 11.7 Å². The number of hydrogen-bond acceptors (Lipinski definition) is 5. The van der Waals surface area contributed by atoms with Crippen LogP contribution in [-0.2, 0) is 20.9 Å². The Bertz CT molecular complexity index is 867. The third kappa shape index (κ3) is 3.72. The summed E-state index contributed by atoms with van der Waals surface area (Å²) in [6, 6.07) is 11.0. The summed E-state index contributed by atoms with van der Waals surface area (Å²) < 4.78 is 29.2. The van der Waals surface area contributed by atoms with Gasteiger partial charge in [0.05, 0.1) is 5.92 Å². The second-order valence-electron chi connectivity index (χ2n) is 6.47. The number of esters is 1. The normalized spacial score (nSPS) is 18.5. The van der Waals surface area contributed by atoms with Crippen molar-refractivity contribution in [3.63, 3.8) is 0 Å². The monoisotopic (exact) mass is 371 g/mol. The zero-order valence-corrected chi connectivity index (χ0v) is 14.5. The Morgan fingerprint density at radius 1 is 1.11 bits per heavy atom. The number of nitrogens with zero attached hydrogens (tertiary/aromatic N) is 1. The predicted molar refractivity (Wildman–Crippen MR) is 94.1 cm³/mol. The van der Waals surface area contributed by atoms with E-state index in [4.69, 9.17) is 14.2 Å². The molecule has 6 nitrogen and oxygen atoms in total. The van der Waals surface area contributed by atoms with Crippen LogP contribution in [0.25, 0.3) is 0 Å². The molecular weight excluding hydrogens is 353 g/mol. The van der Waals surface area contributed by atoms with E-state index in [0.29, 0.717) is 36.0 Å².